The summed E-state index contributed by atoms with van der Waals surface area (Å²) in [5.41, 5.74) is 0.150. The molecule has 0 radical (unpaired) electrons. The number of amides is 7. The van der Waals surface area contributed by atoms with E-state index in [1.807, 2.05) is 0 Å². The van der Waals surface area contributed by atoms with Crippen molar-refractivity contribution in [3.05, 3.63) is 35.6 Å². The molecule has 4 rings (SSSR count). The van der Waals surface area contributed by atoms with Crippen LogP contribution < -0.4 is 16.1 Å². The Morgan fingerprint density at radius 3 is 2.30 bits per heavy atom. The number of carbonyl (C=O) groups excluding carboxylic acids is 5. The third-order valence-electron chi connectivity index (χ3n) is 6.87. The highest BCUT2D eigenvalue weighted by Crippen LogP contribution is 2.36. The molecule has 33 heavy (non-hydrogen) atoms. The smallest absolute Gasteiger partial charge is 0.322 e. The molecule has 1 saturated carbocycles. The van der Waals surface area contributed by atoms with Gasteiger partial charge in [-0.25, -0.2) is 14.0 Å². The van der Waals surface area contributed by atoms with Crippen LogP contribution in [0.25, 0.3) is 0 Å². The van der Waals surface area contributed by atoms with Crippen LogP contribution in [0.4, 0.5) is 14.0 Å². The Morgan fingerprint density at radius 1 is 1.06 bits per heavy atom. The van der Waals surface area contributed by atoms with Crippen molar-refractivity contribution < 1.29 is 28.4 Å². The van der Waals surface area contributed by atoms with Gasteiger partial charge in [0.05, 0.1) is 0 Å². The first-order valence-electron chi connectivity index (χ1n) is 11.0. The Labute approximate surface area is 189 Å². The molecule has 0 bridgehead atoms. The Bertz CT molecular complexity index is 1020. The van der Waals surface area contributed by atoms with Gasteiger partial charge in [-0.1, -0.05) is 26.0 Å². The van der Waals surface area contributed by atoms with E-state index in [0.29, 0.717) is 29.3 Å². The number of benzene rings is 1. The molecule has 2 aliphatic heterocycles. The van der Waals surface area contributed by atoms with E-state index >= 15 is 0 Å². The molecule has 3 N–H and O–H groups in total. The molecule has 7 amide bonds. The average Bonchev–Trinajstić information content (AvgIpc) is 3.16. The lowest BCUT2D eigenvalue weighted by molar-refractivity contribution is -0.141. The van der Waals surface area contributed by atoms with Crippen molar-refractivity contribution in [1.29, 1.82) is 0 Å². The van der Waals surface area contributed by atoms with E-state index < -0.39 is 53.2 Å². The predicted octanol–water partition coefficient (Wildman–Crippen LogP) is 1.51. The van der Waals surface area contributed by atoms with Crippen LogP contribution in [0.3, 0.4) is 0 Å². The Balaban J connectivity index is 1.46. The average molecular weight is 459 g/mol. The van der Waals surface area contributed by atoms with Gasteiger partial charge in [-0.3, -0.25) is 24.7 Å². The highest BCUT2D eigenvalue weighted by molar-refractivity contribution is 6.11. The lowest BCUT2D eigenvalue weighted by Crippen LogP contribution is -2.53. The number of hydrogen-bond acceptors (Lipinski definition) is 5. The number of hydrazine groups is 1. The number of halogens is 1. The Hall–Kier alpha value is -3.50. The zero-order valence-corrected chi connectivity index (χ0v) is 18.4. The van der Waals surface area contributed by atoms with Crippen molar-refractivity contribution in [3.63, 3.8) is 0 Å². The number of nitrogens with one attached hydrogen (secondary N) is 3. The van der Waals surface area contributed by atoms with Gasteiger partial charge in [-0.2, -0.15) is 5.01 Å². The maximum Gasteiger partial charge on any atom is 0.344 e. The summed E-state index contributed by atoms with van der Waals surface area (Å²) < 4.78 is 13.3. The molecular formula is C22H26FN5O5. The molecule has 10 nitrogen and oxygen atoms in total. The second-order valence-corrected chi connectivity index (χ2v) is 8.96. The van der Waals surface area contributed by atoms with Crippen molar-refractivity contribution in [2.45, 2.75) is 57.0 Å². The minimum atomic E-state index is -1.44. The monoisotopic (exact) mass is 459 g/mol. The van der Waals surface area contributed by atoms with Gasteiger partial charge in [0.2, 0.25) is 0 Å². The topological polar surface area (TPSA) is 128 Å². The van der Waals surface area contributed by atoms with E-state index in [1.54, 1.807) is 6.92 Å². The summed E-state index contributed by atoms with van der Waals surface area (Å²) in [4.78, 5) is 64.3. The summed E-state index contributed by atoms with van der Waals surface area (Å²) in [6, 6.07) is 3.63. The van der Waals surface area contributed by atoms with Gasteiger partial charge in [0.1, 0.15) is 23.4 Å². The van der Waals surface area contributed by atoms with Gasteiger partial charge in [-0.15, -0.1) is 0 Å². The molecule has 3 aliphatic rings. The molecule has 1 aromatic carbocycles. The fourth-order valence-corrected chi connectivity index (χ4v) is 4.76. The molecule has 1 atom stereocenters. The normalized spacial score (nSPS) is 29.5. The van der Waals surface area contributed by atoms with E-state index in [1.165, 1.54) is 24.3 Å². The summed E-state index contributed by atoms with van der Waals surface area (Å²) in [5.74, 6) is -2.12. The van der Waals surface area contributed by atoms with Crippen LogP contribution in [0.2, 0.25) is 0 Å². The number of carbonyl (C=O) groups is 5. The van der Waals surface area contributed by atoms with Crippen LogP contribution in [0, 0.1) is 11.7 Å². The third kappa shape index (κ3) is 3.70. The highest BCUT2D eigenvalue weighted by atomic mass is 19.1. The quantitative estimate of drug-likeness (QED) is 0.575. The summed E-state index contributed by atoms with van der Waals surface area (Å²) in [6.07, 6.45) is 2.69. The van der Waals surface area contributed by atoms with E-state index in [-0.39, 0.29) is 6.42 Å². The second kappa shape index (κ2) is 8.13. The van der Waals surface area contributed by atoms with Crippen LogP contribution in [-0.2, 0) is 19.9 Å². The fourth-order valence-electron chi connectivity index (χ4n) is 4.76. The molecule has 1 spiro atoms. The molecule has 1 unspecified atom stereocenters. The molecule has 11 heteroatoms. The molecule has 1 aliphatic carbocycles. The third-order valence-corrected chi connectivity index (χ3v) is 6.87. The first-order valence-corrected chi connectivity index (χ1v) is 11.0. The highest BCUT2D eigenvalue weighted by Gasteiger charge is 2.54. The minimum absolute atomic E-state index is 0.176. The number of urea groups is 2. The van der Waals surface area contributed by atoms with Crippen LogP contribution in [0.5, 0.6) is 0 Å². The lowest BCUT2D eigenvalue weighted by Gasteiger charge is -2.33. The molecular weight excluding hydrogens is 433 g/mol. The van der Waals surface area contributed by atoms with Crippen LogP contribution in [0.1, 0.15) is 51.5 Å². The van der Waals surface area contributed by atoms with Crippen molar-refractivity contribution in [3.8, 4) is 0 Å². The van der Waals surface area contributed by atoms with Gasteiger partial charge in [0.15, 0.2) is 0 Å². The summed E-state index contributed by atoms with van der Waals surface area (Å²) in [5, 5.41) is 5.91. The van der Waals surface area contributed by atoms with Gasteiger partial charge < -0.3 is 10.6 Å². The summed E-state index contributed by atoms with van der Waals surface area (Å²) in [7, 11) is 0. The number of hydrogen-bond donors (Lipinski definition) is 3. The molecule has 3 fully saturated rings. The Morgan fingerprint density at radius 2 is 1.70 bits per heavy atom. The standard InChI is InChI=1S/C22H26FN5O5/c1-3-22(14-4-6-15(23)7-5-14)18(31)27(19(32)25-22)12-16(29)26-28-17(30)21(24-20(28)33)10-8-13(2)9-11-21/h4-7,13H,3,8-12H2,1-2H3,(H,24,33)(H,25,32)(H,26,29). The largest absolute Gasteiger partial charge is 0.344 e. The first kappa shape index (κ1) is 22.7. The summed E-state index contributed by atoms with van der Waals surface area (Å²) >= 11 is 0. The van der Waals surface area contributed by atoms with Crippen molar-refractivity contribution in [2.24, 2.45) is 5.92 Å². The molecule has 2 heterocycles. The van der Waals surface area contributed by atoms with E-state index in [2.05, 4.69) is 23.0 Å². The number of imide groups is 2. The van der Waals surface area contributed by atoms with Gasteiger partial charge in [0.25, 0.3) is 17.7 Å². The van der Waals surface area contributed by atoms with Gasteiger partial charge in [0, 0.05) is 0 Å². The summed E-state index contributed by atoms with van der Waals surface area (Å²) in [6.45, 7) is 3.07. The zero-order valence-electron chi connectivity index (χ0n) is 18.4. The lowest BCUT2D eigenvalue weighted by atomic mass is 9.77. The van der Waals surface area contributed by atoms with E-state index in [0.717, 1.165) is 17.7 Å². The first-order chi connectivity index (χ1) is 15.6. The maximum absolute atomic E-state index is 13.3. The van der Waals surface area contributed by atoms with E-state index in [4.69, 9.17) is 0 Å². The van der Waals surface area contributed by atoms with Crippen molar-refractivity contribution >= 4 is 29.8 Å². The SMILES string of the molecule is CCC1(c2ccc(F)cc2)NC(=O)N(CC(=O)NN2C(=O)NC3(CCC(C)CC3)C2=O)C1=O. The van der Waals surface area contributed by atoms with Crippen LogP contribution in [-0.4, -0.2) is 51.8 Å². The zero-order chi connectivity index (χ0) is 24.0. The second-order valence-electron chi connectivity index (χ2n) is 8.96. The minimum Gasteiger partial charge on any atom is -0.322 e. The van der Waals surface area contributed by atoms with Crippen LogP contribution in [0.15, 0.2) is 24.3 Å². The van der Waals surface area contributed by atoms with Crippen LogP contribution >= 0.6 is 0 Å². The molecule has 1 aromatic rings. The predicted molar refractivity (Wildman–Crippen MR) is 112 cm³/mol. The number of nitrogens with zero attached hydrogens (tertiary/aromatic N) is 2. The van der Waals surface area contributed by atoms with Gasteiger partial charge >= 0.3 is 12.1 Å². The number of rotatable bonds is 5. The van der Waals surface area contributed by atoms with Gasteiger partial charge in [-0.05, 0) is 55.7 Å². The van der Waals surface area contributed by atoms with Crippen molar-refractivity contribution in [2.75, 3.05) is 6.54 Å². The molecule has 0 aromatic heterocycles. The maximum atomic E-state index is 13.3. The fraction of sp³-hybridized carbons (Fsp3) is 0.500. The van der Waals surface area contributed by atoms with Crippen molar-refractivity contribution in [1.82, 2.24) is 26.0 Å². The van der Waals surface area contributed by atoms with E-state index in [9.17, 15) is 28.4 Å². The Kier molecular flexibility index (Phi) is 5.59. The molecule has 2 saturated heterocycles. The molecule has 176 valence electrons.